The molecule has 1 aliphatic heterocycles. The smallest absolute Gasteiger partial charge is 0.254 e. The molecule has 22 heavy (non-hydrogen) atoms. The standard InChI is InChI=1S/C16H24N2O4/c1-20-13-4-5-18(12(8-13)10-17)16(19)11-6-14(21-2)9-15(7-11)22-3/h6-7,9,12-13H,4-5,8,10,17H2,1-3H3. The van der Waals surface area contributed by atoms with Gasteiger partial charge < -0.3 is 24.8 Å². The van der Waals surface area contributed by atoms with Crippen LogP contribution in [0.1, 0.15) is 23.2 Å². The first-order valence-electron chi connectivity index (χ1n) is 7.39. The van der Waals surface area contributed by atoms with E-state index in [1.165, 1.54) is 0 Å². The van der Waals surface area contributed by atoms with E-state index >= 15 is 0 Å². The third kappa shape index (κ3) is 3.51. The number of piperidine rings is 1. The van der Waals surface area contributed by atoms with Gasteiger partial charge in [0.25, 0.3) is 5.91 Å². The van der Waals surface area contributed by atoms with E-state index in [0.717, 1.165) is 12.8 Å². The first-order valence-corrected chi connectivity index (χ1v) is 7.39. The molecule has 2 N–H and O–H groups in total. The summed E-state index contributed by atoms with van der Waals surface area (Å²) < 4.78 is 15.9. The molecule has 0 saturated carbocycles. The van der Waals surface area contributed by atoms with Crippen molar-refractivity contribution in [3.8, 4) is 11.5 Å². The fourth-order valence-corrected chi connectivity index (χ4v) is 2.82. The van der Waals surface area contributed by atoms with Crippen LogP contribution in [-0.2, 0) is 4.74 Å². The van der Waals surface area contributed by atoms with E-state index in [4.69, 9.17) is 19.9 Å². The number of amides is 1. The zero-order valence-corrected chi connectivity index (χ0v) is 13.4. The second kappa shape index (κ2) is 7.47. The summed E-state index contributed by atoms with van der Waals surface area (Å²) in [6.07, 6.45) is 1.75. The number of rotatable bonds is 5. The molecule has 0 aliphatic carbocycles. The van der Waals surface area contributed by atoms with Gasteiger partial charge in [-0.15, -0.1) is 0 Å². The second-order valence-electron chi connectivity index (χ2n) is 5.37. The molecule has 2 atom stereocenters. The van der Waals surface area contributed by atoms with Crippen molar-refractivity contribution in [1.82, 2.24) is 4.90 Å². The van der Waals surface area contributed by atoms with Gasteiger partial charge in [0.05, 0.1) is 20.3 Å². The lowest BCUT2D eigenvalue weighted by atomic mass is 9.98. The largest absolute Gasteiger partial charge is 0.497 e. The fraction of sp³-hybridized carbons (Fsp3) is 0.562. The Labute approximate surface area is 131 Å². The highest BCUT2D eigenvalue weighted by Crippen LogP contribution is 2.26. The van der Waals surface area contributed by atoms with Crippen molar-refractivity contribution < 1.29 is 19.0 Å². The Bertz CT molecular complexity index is 499. The molecule has 2 rings (SSSR count). The Morgan fingerprint density at radius 1 is 1.23 bits per heavy atom. The summed E-state index contributed by atoms with van der Waals surface area (Å²) in [5.74, 6) is 1.14. The molecule has 6 nitrogen and oxygen atoms in total. The summed E-state index contributed by atoms with van der Waals surface area (Å²) in [4.78, 5) is 14.6. The molecular formula is C16H24N2O4. The molecule has 0 bridgehead atoms. The van der Waals surface area contributed by atoms with Gasteiger partial charge in [-0.25, -0.2) is 0 Å². The molecule has 1 aromatic carbocycles. The summed E-state index contributed by atoms with van der Waals surface area (Å²) in [5, 5.41) is 0. The first-order chi connectivity index (χ1) is 10.6. The number of nitrogens with zero attached hydrogens (tertiary/aromatic N) is 1. The minimum absolute atomic E-state index is 0.0107. The number of ether oxygens (including phenoxy) is 3. The number of nitrogens with two attached hydrogens (primary N) is 1. The summed E-state index contributed by atoms with van der Waals surface area (Å²) in [5.41, 5.74) is 6.39. The lowest BCUT2D eigenvalue weighted by Crippen LogP contribution is -2.51. The van der Waals surface area contributed by atoms with Gasteiger partial charge in [0.2, 0.25) is 0 Å². The Morgan fingerprint density at radius 2 is 1.86 bits per heavy atom. The van der Waals surface area contributed by atoms with Crippen molar-refractivity contribution in [2.24, 2.45) is 5.73 Å². The van der Waals surface area contributed by atoms with Gasteiger partial charge >= 0.3 is 0 Å². The number of likely N-dealkylation sites (tertiary alicyclic amines) is 1. The molecule has 1 amide bonds. The van der Waals surface area contributed by atoms with E-state index in [1.807, 2.05) is 4.90 Å². The average molecular weight is 308 g/mol. The van der Waals surface area contributed by atoms with Crippen LogP contribution in [0, 0.1) is 0 Å². The van der Waals surface area contributed by atoms with Gasteiger partial charge in [-0.2, -0.15) is 0 Å². The van der Waals surface area contributed by atoms with Crippen molar-refractivity contribution in [1.29, 1.82) is 0 Å². The second-order valence-corrected chi connectivity index (χ2v) is 5.37. The third-order valence-electron chi connectivity index (χ3n) is 4.13. The molecule has 1 aliphatic rings. The molecule has 2 unspecified atom stereocenters. The van der Waals surface area contributed by atoms with E-state index in [-0.39, 0.29) is 18.1 Å². The van der Waals surface area contributed by atoms with E-state index in [9.17, 15) is 4.79 Å². The maximum atomic E-state index is 12.8. The molecule has 6 heteroatoms. The lowest BCUT2D eigenvalue weighted by Gasteiger charge is -2.38. The lowest BCUT2D eigenvalue weighted by molar-refractivity contribution is 0.0138. The zero-order chi connectivity index (χ0) is 16.1. The molecule has 1 fully saturated rings. The van der Waals surface area contributed by atoms with Gasteiger partial charge in [-0.3, -0.25) is 4.79 Å². The van der Waals surface area contributed by atoms with Gasteiger partial charge in [-0.05, 0) is 25.0 Å². The summed E-state index contributed by atoms with van der Waals surface area (Å²) in [6, 6.07) is 5.18. The third-order valence-corrected chi connectivity index (χ3v) is 4.13. The number of benzene rings is 1. The fourth-order valence-electron chi connectivity index (χ4n) is 2.82. The number of methoxy groups -OCH3 is 3. The predicted octanol–water partition coefficient (Wildman–Crippen LogP) is 1.28. The number of carbonyl (C=O) groups excluding carboxylic acids is 1. The van der Waals surface area contributed by atoms with Gasteiger partial charge in [0, 0.05) is 37.9 Å². The molecule has 122 valence electrons. The summed E-state index contributed by atoms with van der Waals surface area (Å²) in [7, 11) is 4.83. The van der Waals surface area contributed by atoms with Crippen LogP contribution in [0.5, 0.6) is 11.5 Å². The van der Waals surface area contributed by atoms with Crippen LogP contribution in [0.4, 0.5) is 0 Å². The normalized spacial score (nSPS) is 21.5. The molecule has 0 spiro atoms. The van der Waals surface area contributed by atoms with E-state index in [2.05, 4.69) is 0 Å². The number of hydrogen-bond acceptors (Lipinski definition) is 5. The number of carbonyl (C=O) groups is 1. The Balaban J connectivity index is 2.23. The minimum Gasteiger partial charge on any atom is -0.497 e. The molecule has 1 saturated heterocycles. The predicted molar refractivity (Wildman–Crippen MR) is 83.5 cm³/mol. The van der Waals surface area contributed by atoms with Crippen molar-refractivity contribution in [3.05, 3.63) is 23.8 Å². The van der Waals surface area contributed by atoms with Crippen molar-refractivity contribution in [3.63, 3.8) is 0 Å². The van der Waals surface area contributed by atoms with Crippen molar-refractivity contribution in [2.75, 3.05) is 34.4 Å². The van der Waals surface area contributed by atoms with Crippen LogP contribution >= 0.6 is 0 Å². The van der Waals surface area contributed by atoms with Crippen LogP contribution in [0.3, 0.4) is 0 Å². The van der Waals surface area contributed by atoms with Crippen LogP contribution in [0.2, 0.25) is 0 Å². The van der Waals surface area contributed by atoms with Crippen LogP contribution in [-0.4, -0.2) is 57.4 Å². The number of hydrogen-bond donors (Lipinski definition) is 1. The van der Waals surface area contributed by atoms with Crippen molar-refractivity contribution in [2.45, 2.75) is 25.0 Å². The Kier molecular flexibility index (Phi) is 5.63. The molecule has 1 heterocycles. The SMILES string of the molecule is COc1cc(OC)cc(C(=O)N2CCC(OC)CC2CN)c1. The minimum atomic E-state index is -0.0535. The highest BCUT2D eigenvalue weighted by Gasteiger charge is 2.31. The Morgan fingerprint density at radius 3 is 2.36 bits per heavy atom. The van der Waals surface area contributed by atoms with Crippen molar-refractivity contribution >= 4 is 5.91 Å². The zero-order valence-electron chi connectivity index (χ0n) is 13.4. The average Bonchev–Trinajstić information content (AvgIpc) is 2.59. The molecule has 0 aromatic heterocycles. The Hall–Kier alpha value is -1.79. The topological polar surface area (TPSA) is 74.0 Å². The maximum Gasteiger partial charge on any atom is 0.254 e. The summed E-state index contributed by atoms with van der Waals surface area (Å²) in [6.45, 7) is 1.06. The highest BCUT2D eigenvalue weighted by molar-refractivity contribution is 5.95. The molecule has 1 aromatic rings. The van der Waals surface area contributed by atoms with Gasteiger partial charge in [0.15, 0.2) is 0 Å². The van der Waals surface area contributed by atoms with E-state index < -0.39 is 0 Å². The first kappa shape index (κ1) is 16.6. The highest BCUT2D eigenvalue weighted by atomic mass is 16.5. The van der Waals surface area contributed by atoms with Gasteiger partial charge in [-0.1, -0.05) is 0 Å². The molecule has 0 radical (unpaired) electrons. The van der Waals surface area contributed by atoms with E-state index in [1.54, 1.807) is 39.5 Å². The molecular weight excluding hydrogens is 284 g/mol. The van der Waals surface area contributed by atoms with Crippen LogP contribution < -0.4 is 15.2 Å². The van der Waals surface area contributed by atoms with Crippen LogP contribution in [0.15, 0.2) is 18.2 Å². The maximum absolute atomic E-state index is 12.8. The van der Waals surface area contributed by atoms with Crippen LogP contribution in [0.25, 0.3) is 0 Å². The monoisotopic (exact) mass is 308 g/mol. The van der Waals surface area contributed by atoms with E-state index in [0.29, 0.717) is 30.2 Å². The quantitative estimate of drug-likeness (QED) is 0.887. The summed E-state index contributed by atoms with van der Waals surface area (Å²) >= 11 is 0. The van der Waals surface area contributed by atoms with Gasteiger partial charge in [0.1, 0.15) is 11.5 Å².